The highest BCUT2D eigenvalue weighted by Crippen LogP contribution is 2.24. The van der Waals surface area contributed by atoms with Crippen LogP contribution < -0.4 is 10.6 Å². The Bertz CT molecular complexity index is 516. The van der Waals surface area contributed by atoms with Gasteiger partial charge >= 0.3 is 6.03 Å². The van der Waals surface area contributed by atoms with E-state index in [2.05, 4.69) is 17.6 Å². The van der Waals surface area contributed by atoms with Crippen molar-refractivity contribution < 1.29 is 18.3 Å². The van der Waals surface area contributed by atoms with Gasteiger partial charge in [0.15, 0.2) is 11.6 Å². The van der Waals surface area contributed by atoms with E-state index >= 15 is 0 Å². The van der Waals surface area contributed by atoms with Gasteiger partial charge < -0.3 is 15.4 Å². The Morgan fingerprint density at radius 3 is 2.50 bits per heavy atom. The van der Waals surface area contributed by atoms with Gasteiger partial charge in [-0.2, -0.15) is 0 Å². The van der Waals surface area contributed by atoms with Crippen LogP contribution in [-0.4, -0.2) is 25.8 Å². The fourth-order valence-corrected chi connectivity index (χ4v) is 2.31. The molecular weight excluding hydrogens is 338 g/mol. The van der Waals surface area contributed by atoms with Gasteiger partial charge in [-0.3, -0.25) is 0 Å². The quantitative estimate of drug-likeness (QED) is 0.424. The van der Waals surface area contributed by atoms with E-state index in [1.807, 2.05) is 0 Å². The lowest BCUT2D eigenvalue weighted by Gasteiger charge is -2.10. The van der Waals surface area contributed by atoms with Gasteiger partial charge in [-0.15, -0.1) is 0 Å². The van der Waals surface area contributed by atoms with Crippen molar-refractivity contribution in [3.8, 4) is 0 Å². The summed E-state index contributed by atoms with van der Waals surface area (Å²) in [5, 5.41) is 4.86. The summed E-state index contributed by atoms with van der Waals surface area (Å²) in [6.45, 7) is 3.58. The molecule has 0 saturated heterocycles. The summed E-state index contributed by atoms with van der Waals surface area (Å²) in [4.78, 5) is 11.6. The number of amides is 2. The molecule has 0 aliphatic carbocycles. The second-order valence-corrected chi connectivity index (χ2v) is 5.91. The molecule has 24 heavy (non-hydrogen) atoms. The predicted molar refractivity (Wildman–Crippen MR) is 92.6 cm³/mol. The third kappa shape index (κ3) is 8.45. The van der Waals surface area contributed by atoms with Crippen molar-refractivity contribution in [3.63, 3.8) is 0 Å². The van der Waals surface area contributed by atoms with Crippen LogP contribution in [0.25, 0.3) is 0 Å². The smallest absolute Gasteiger partial charge is 0.319 e. The molecule has 136 valence electrons. The topological polar surface area (TPSA) is 50.4 Å². The highest BCUT2D eigenvalue weighted by atomic mass is 35.5. The monoisotopic (exact) mass is 362 g/mol. The van der Waals surface area contributed by atoms with Crippen LogP contribution >= 0.6 is 11.6 Å². The highest BCUT2D eigenvalue weighted by Gasteiger charge is 2.10. The number of nitrogens with one attached hydrogen (secondary N) is 2. The van der Waals surface area contributed by atoms with E-state index in [9.17, 15) is 13.6 Å². The zero-order chi connectivity index (χ0) is 17.8. The van der Waals surface area contributed by atoms with Gasteiger partial charge in [0, 0.05) is 19.2 Å². The normalized spacial score (nSPS) is 10.7. The van der Waals surface area contributed by atoms with E-state index in [4.69, 9.17) is 16.3 Å². The standard InChI is InChI=1S/C17H25ClF2N2O2/c1-2-3-4-5-6-7-9-24-10-8-21-17(23)22-16-12-15(20)14(19)11-13(16)18/h11-12H,2-10H2,1H3,(H2,21,22,23). The lowest BCUT2D eigenvalue weighted by molar-refractivity contribution is 0.132. The van der Waals surface area contributed by atoms with Crippen molar-refractivity contribution in [2.45, 2.75) is 45.4 Å². The number of unbranched alkanes of at least 4 members (excludes halogenated alkanes) is 5. The molecule has 2 N–H and O–H groups in total. The Balaban J connectivity index is 2.09. The van der Waals surface area contributed by atoms with Crippen molar-refractivity contribution in [2.24, 2.45) is 0 Å². The molecule has 0 saturated carbocycles. The number of ether oxygens (including phenoxy) is 1. The maximum absolute atomic E-state index is 13.1. The van der Waals surface area contributed by atoms with E-state index in [-0.39, 0.29) is 10.7 Å². The minimum absolute atomic E-state index is 0.0149. The molecule has 0 atom stereocenters. The molecule has 1 aromatic carbocycles. The molecular formula is C17H25ClF2N2O2. The number of hydrogen-bond acceptors (Lipinski definition) is 2. The van der Waals surface area contributed by atoms with E-state index in [1.54, 1.807) is 0 Å². The Hall–Kier alpha value is -1.40. The van der Waals surface area contributed by atoms with Crippen molar-refractivity contribution in [3.05, 3.63) is 28.8 Å². The molecule has 0 heterocycles. The first-order valence-corrected chi connectivity index (χ1v) is 8.69. The molecule has 1 rings (SSSR count). The maximum atomic E-state index is 13.1. The second-order valence-electron chi connectivity index (χ2n) is 5.51. The molecule has 2 amide bonds. The summed E-state index contributed by atoms with van der Waals surface area (Å²) in [5.41, 5.74) is 0.0149. The SMILES string of the molecule is CCCCCCCCOCCNC(=O)Nc1cc(F)c(F)cc1Cl. The molecule has 0 aromatic heterocycles. The maximum Gasteiger partial charge on any atom is 0.319 e. The average Bonchev–Trinajstić information content (AvgIpc) is 2.54. The van der Waals surface area contributed by atoms with Crippen LogP contribution in [0.5, 0.6) is 0 Å². The van der Waals surface area contributed by atoms with Crippen LogP contribution in [0.2, 0.25) is 5.02 Å². The Kier molecular flexibility index (Phi) is 10.4. The Morgan fingerprint density at radius 2 is 1.75 bits per heavy atom. The summed E-state index contributed by atoms with van der Waals surface area (Å²) in [6.07, 6.45) is 7.18. The second kappa shape index (κ2) is 12.0. The van der Waals surface area contributed by atoms with Gasteiger partial charge in [-0.1, -0.05) is 50.6 Å². The molecule has 0 aliphatic heterocycles. The van der Waals surface area contributed by atoms with E-state index in [0.29, 0.717) is 19.8 Å². The first kappa shape index (κ1) is 20.6. The zero-order valence-corrected chi connectivity index (χ0v) is 14.7. The number of anilines is 1. The average molecular weight is 363 g/mol. The van der Waals surface area contributed by atoms with Gasteiger partial charge in [0.2, 0.25) is 0 Å². The number of rotatable bonds is 11. The molecule has 0 bridgehead atoms. The zero-order valence-electron chi connectivity index (χ0n) is 14.0. The van der Waals surface area contributed by atoms with Crippen LogP contribution in [0, 0.1) is 11.6 Å². The fourth-order valence-electron chi connectivity index (χ4n) is 2.11. The number of halogens is 3. The minimum atomic E-state index is -1.07. The number of urea groups is 1. The molecule has 1 aromatic rings. The van der Waals surface area contributed by atoms with Crippen molar-refractivity contribution in [2.75, 3.05) is 25.1 Å². The van der Waals surface area contributed by atoms with Crippen LogP contribution in [0.1, 0.15) is 45.4 Å². The third-order valence-electron chi connectivity index (χ3n) is 3.43. The van der Waals surface area contributed by atoms with Gasteiger partial charge in [0.25, 0.3) is 0 Å². The van der Waals surface area contributed by atoms with Crippen molar-refractivity contribution in [1.82, 2.24) is 5.32 Å². The lowest BCUT2D eigenvalue weighted by Crippen LogP contribution is -2.31. The first-order valence-electron chi connectivity index (χ1n) is 8.31. The van der Waals surface area contributed by atoms with Gasteiger partial charge in [0.05, 0.1) is 17.3 Å². The van der Waals surface area contributed by atoms with Crippen LogP contribution in [0.15, 0.2) is 12.1 Å². The first-order chi connectivity index (χ1) is 11.5. The largest absolute Gasteiger partial charge is 0.380 e. The Labute approximate surface area is 146 Å². The molecule has 0 aliphatic rings. The van der Waals surface area contributed by atoms with Crippen LogP contribution in [0.3, 0.4) is 0 Å². The number of carbonyl (C=O) groups is 1. The fraction of sp³-hybridized carbons (Fsp3) is 0.588. The summed E-state index contributed by atoms with van der Waals surface area (Å²) in [7, 11) is 0. The molecule has 0 spiro atoms. The summed E-state index contributed by atoms with van der Waals surface area (Å²) >= 11 is 5.74. The van der Waals surface area contributed by atoms with Gasteiger partial charge in [-0.05, 0) is 12.5 Å². The summed E-state index contributed by atoms with van der Waals surface area (Å²) in [5.74, 6) is -2.13. The van der Waals surface area contributed by atoms with E-state index in [1.165, 1.54) is 25.7 Å². The third-order valence-corrected chi connectivity index (χ3v) is 3.75. The van der Waals surface area contributed by atoms with E-state index < -0.39 is 17.7 Å². The van der Waals surface area contributed by atoms with E-state index in [0.717, 1.165) is 25.0 Å². The summed E-state index contributed by atoms with van der Waals surface area (Å²) < 4.78 is 31.5. The molecule has 7 heteroatoms. The molecule has 4 nitrogen and oxygen atoms in total. The predicted octanol–water partition coefficient (Wildman–Crippen LogP) is 5.12. The van der Waals surface area contributed by atoms with Crippen molar-refractivity contribution >= 4 is 23.3 Å². The van der Waals surface area contributed by atoms with Crippen molar-refractivity contribution in [1.29, 1.82) is 0 Å². The molecule has 0 radical (unpaired) electrons. The number of hydrogen-bond donors (Lipinski definition) is 2. The molecule has 0 unspecified atom stereocenters. The summed E-state index contributed by atoms with van der Waals surface area (Å²) in [6, 6.07) is 1.11. The van der Waals surface area contributed by atoms with Gasteiger partial charge in [-0.25, -0.2) is 13.6 Å². The number of carbonyl (C=O) groups excluding carboxylic acids is 1. The molecule has 0 fully saturated rings. The lowest BCUT2D eigenvalue weighted by atomic mass is 10.1. The van der Waals surface area contributed by atoms with Crippen LogP contribution in [-0.2, 0) is 4.74 Å². The highest BCUT2D eigenvalue weighted by molar-refractivity contribution is 6.33. The number of benzene rings is 1. The minimum Gasteiger partial charge on any atom is -0.380 e. The van der Waals surface area contributed by atoms with Gasteiger partial charge in [0.1, 0.15) is 0 Å². The van der Waals surface area contributed by atoms with Crippen LogP contribution in [0.4, 0.5) is 19.3 Å². The Morgan fingerprint density at radius 1 is 1.08 bits per heavy atom.